The Kier molecular flexibility index (Phi) is 15.3. The topological polar surface area (TPSA) is 87.5 Å². The number of aromatic nitrogens is 3. The molecule has 0 atom stereocenters. The van der Waals surface area contributed by atoms with E-state index in [4.69, 9.17) is 9.47 Å². The molecular weight excluding hydrogens is 712 g/mol. The molecule has 0 saturated heterocycles. The molecule has 0 aliphatic carbocycles. The predicted molar refractivity (Wildman–Crippen MR) is 190 cm³/mol. The molecule has 252 valence electrons. The van der Waals surface area contributed by atoms with Crippen LogP contribution in [0.5, 0.6) is 11.5 Å². The summed E-state index contributed by atoms with van der Waals surface area (Å²) in [4.78, 5) is 4.23. The van der Waals surface area contributed by atoms with Gasteiger partial charge < -0.3 is 19.3 Å². The van der Waals surface area contributed by atoms with E-state index in [1.54, 1.807) is 0 Å². The standard InChI is InChI=1S/C34H50Br2N8O2/c1-41(2)19-21-45-33-13-11-27(23-31(33)35)15-17-43-25-29(37-39-43)9-7-5-6-8-10-30-26-44(40-38-30)18-16-28-12-14-34(32(36)24-28)46-22-20-42(3)4/h11-14,23-26,37,39H,5-10,15-22H2,1-4H3/p+1. The third kappa shape index (κ3) is 13.0. The maximum atomic E-state index is 5.88. The van der Waals surface area contributed by atoms with Gasteiger partial charge in [-0.2, -0.15) is 0 Å². The van der Waals surface area contributed by atoms with Gasteiger partial charge in [-0.15, -0.1) is 5.10 Å². The fourth-order valence-electron chi connectivity index (χ4n) is 5.06. The number of nitrogens with two attached hydrogens (primary N) is 1. The molecule has 0 bridgehead atoms. The number of quaternary nitrogens is 1. The molecule has 2 heterocycles. The van der Waals surface area contributed by atoms with Crippen LogP contribution in [0.4, 0.5) is 0 Å². The van der Waals surface area contributed by atoms with Crippen LogP contribution in [-0.2, 0) is 25.8 Å². The van der Waals surface area contributed by atoms with Crippen molar-refractivity contribution in [2.45, 2.75) is 57.9 Å². The van der Waals surface area contributed by atoms with E-state index in [9.17, 15) is 0 Å². The average molecular weight is 764 g/mol. The van der Waals surface area contributed by atoms with Crippen LogP contribution in [0.1, 0.15) is 48.9 Å². The van der Waals surface area contributed by atoms with Gasteiger partial charge in [0.1, 0.15) is 30.4 Å². The molecular formula is C34H51Br2N8O2+. The monoisotopic (exact) mass is 761 g/mol. The van der Waals surface area contributed by atoms with Crippen LogP contribution in [-0.4, -0.2) is 90.8 Å². The summed E-state index contributed by atoms with van der Waals surface area (Å²) in [6, 6.07) is 12.7. The molecule has 0 radical (unpaired) electrons. The van der Waals surface area contributed by atoms with Crippen LogP contribution in [0, 0.1) is 0 Å². The number of rotatable bonds is 21. The first-order valence-electron chi connectivity index (χ1n) is 16.3. The number of ether oxygens (including phenoxy) is 2. The van der Waals surface area contributed by atoms with Gasteiger partial charge in [-0.3, -0.25) is 9.69 Å². The van der Waals surface area contributed by atoms with E-state index in [2.05, 4.69) is 125 Å². The van der Waals surface area contributed by atoms with Gasteiger partial charge >= 0.3 is 0 Å². The van der Waals surface area contributed by atoms with Crippen molar-refractivity contribution in [1.29, 1.82) is 0 Å². The third-order valence-electron chi connectivity index (χ3n) is 7.83. The van der Waals surface area contributed by atoms with Crippen molar-refractivity contribution in [2.75, 3.05) is 61.0 Å². The number of hydrazine groups is 1. The summed E-state index contributed by atoms with van der Waals surface area (Å²) >= 11 is 7.31. The minimum atomic E-state index is 0.671. The summed E-state index contributed by atoms with van der Waals surface area (Å²) in [5.74, 6) is 1.78. The molecule has 1 aromatic heterocycles. The summed E-state index contributed by atoms with van der Waals surface area (Å²) in [5, 5.41) is 10.9. The van der Waals surface area contributed by atoms with Gasteiger partial charge in [0.15, 0.2) is 0 Å². The fourth-order valence-corrected chi connectivity index (χ4v) is 6.14. The van der Waals surface area contributed by atoms with E-state index < -0.39 is 0 Å². The number of hydrogen-bond acceptors (Lipinski definition) is 8. The number of halogens is 2. The zero-order valence-corrected chi connectivity index (χ0v) is 31.0. The molecule has 12 heteroatoms. The largest absolute Gasteiger partial charge is 0.491 e. The number of nitrogens with one attached hydrogen (secondary N) is 1. The second-order valence-electron chi connectivity index (χ2n) is 12.4. The highest BCUT2D eigenvalue weighted by Gasteiger charge is 2.15. The lowest BCUT2D eigenvalue weighted by Gasteiger charge is -2.14. The van der Waals surface area contributed by atoms with Crippen LogP contribution in [0.15, 0.2) is 63.4 Å². The number of hydrogen-bond donors (Lipinski definition) is 2. The van der Waals surface area contributed by atoms with Crippen molar-refractivity contribution in [3.05, 3.63) is 80.3 Å². The highest BCUT2D eigenvalue weighted by Crippen LogP contribution is 2.27. The number of benzene rings is 2. The Bertz CT molecular complexity index is 1380. The quantitative estimate of drug-likeness (QED) is 0.118. The van der Waals surface area contributed by atoms with Crippen LogP contribution in [0.25, 0.3) is 0 Å². The normalized spacial score (nSPS) is 13.2. The van der Waals surface area contributed by atoms with Gasteiger partial charge in [-0.25, -0.2) is 5.43 Å². The second kappa shape index (κ2) is 19.4. The summed E-state index contributed by atoms with van der Waals surface area (Å²) in [7, 11) is 8.20. The molecule has 0 fully saturated rings. The van der Waals surface area contributed by atoms with Crippen molar-refractivity contribution < 1.29 is 14.9 Å². The Morgan fingerprint density at radius 2 is 1.35 bits per heavy atom. The van der Waals surface area contributed by atoms with E-state index in [1.807, 2.05) is 24.8 Å². The minimum Gasteiger partial charge on any atom is -0.491 e. The lowest BCUT2D eigenvalue weighted by atomic mass is 10.1. The predicted octanol–water partition coefficient (Wildman–Crippen LogP) is 4.80. The molecule has 0 amide bonds. The highest BCUT2D eigenvalue weighted by atomic mass is 79.9. The Morgan fingerprint density at radius 3 is 1.93 bits per heavy atom. The summed E-state index contributed by atoms with van der Waals surface area (Å²) in [6.07, 6.45) is 13.1. The van der Waals surface area contributed by atoms with Crippen molar-refractivity contribution in [3.63, 3.8) is 0 Å². The van der Waals surface area contributed by atoms with Crippen LogP contribution in [0.3, 0.4) is 0 Å². The van der Waals surface area contributed by atoms with Crippen LogP contribution >= 0.6 is 31.9 Å². The maximum Gasteiger partial charge on any atom is 0.144 e. The maximum absolute atomic E-state index is 5.88. The molecule has 2 aromatic carbocycles. The summed E-state index contributed by atoms with van der Waals surface area (Å²) in [5.41, 5.74) is 10.5. The number of likely N-dealkylation sites (N-methyl/N-ethyl adjacent to an activating group) is 2. The number of allylic oxidation sites excluding steroid dienone is 1. The zero-order chi connectivity index (χ0) is 32.7. The lowest BCUT2D eigenvalue weighted by Crippen LogP contribution is -2.90. The highest BCUT2D eigenvalue weighted by molar-refractivity contribution is 9.10. The first kappa shape index (κ1) is 36.4. The molecule has 4 rings (SSSR count). The van der Waals surface area contributed by atoms with Gasteiger partial charge in [0, 0.05) is 38.8 Å². The van der Waals surface area contributed by atoms with Crippen LogP contribution < -0.4 is 20.4 Å². The van der Waals surface area contributed by atoms with Gasteiger partial charge in [0.25, 0.3) is 0 Å². The molecule has 0 unspecified atom stereocenters. The third-order valence-corrected chi connectivity index (χ3v) is 9.07. The Hall–Kier alpha value is -2.48. The molecule has 0 spiro atoms. The van der Waals surface area contributed by atoms with E-state index in [-0.39, 0.29) is 0 Å². The second-order valence-corrected chi connectivity index (χ2v) is 14.1. The van der Waals surface area contributed by atoms with E-state index in [0.717, 1.165) is 84.4 Å². The van der Waals surface area contributed by atoms with Crippen molar-refractivity contribution in [2.24, 2.45) is 0 Å². The summed E-state index contributed by atoms with van der Waals surface area (Å²) < 4.78 is 15.7. The SMILES string of the molecule is CN(C)CCOc1ccc(CCN2C=C(CCCCCCc3cn(CCc4ccc(OCCN(C)C)c(Br)c4)nn3)[NH2+]N2)cc1Br. The molecule has 3 N–H and O–H groups in total. The van der Waals surface area contributed by atoms with Crippen LogP contribution in [0.2, 0.25) is 0 Å². The van der Waals surface area contributed by atoms with E-state index >= 15 is 0 Å². The minimum absolute atomic E-state index is 0.671. The Balaban J connectivity index is 1.06. The average Bonchev–Trinajstić information content (AvgIpc) is 3.68. The molecule has 0 saturated carbocycles. The van der Waals surface area contributed by atoms with E-state index in [1.165, 1.54) is 36.1 Å². The zero-order valence-electron chi connectivity index (χ0n) is 27.9. The van der Waals surface area contributed by atoms with Gasteiger partial charge in [0.05, 0.1) is 20.8 Å². The lowest BCUT2D eigenvalue weighted by molar-refractivity contribution is -0.678. The number of unbranched alkanes of at least 4 members (excludes halogenated alkanes) is 3. The molecule has 10 nitrogen and oxygen atoms in total. The van der Waals surface area contributed by atoms with Crippen molar-refractivity contribution >= 4 is 31.9 Å². The Morgan fingerprint density at radius 1 is 0.761 bits per heavy atom. The molecule has 1 aliphatic rings. The van der Waals surface area contributed by atoms with Crippen molar-refractivity contribution in [1.82, 2.24) is 35.3 Å². The van der Waals surface area contributed by atoms with Gasteiger partial charge in [-0.1, -0.05) is 35.7 Å². The van der Waals surface area contributed by atoms with Gasteiger partial charge in [0.2, 0.25) is 0 Å². The van der Waals surface area contributed by atoms with Crippen molar-refractivity contribution in [3.8, 4) is 11.5 Å². The van der Waals surface area contributed by atoms with E-state index in [0.29, 0.717) is 13.2 Å². The smallest absolute Gasteiger partial charge is 0.144 e. The molecule has 1 aliphatic heterocycles. The summed E-state index contributed by atoms with van der Waals surface area (Å²) in [6.45, 7) is 4.87. The fraction of sp³-hybridized carbons (Fsp3) is 0.529. The Labute approximate surface area is 291 Å². The molecule has 46 heavy (non-hydrogen) atoms. The number of nitrogens with zero attached hydrogens (tertiary/aromatic N) is 6. The number of aryl methyl sites for hydroxylation is 3. The first-order valence-corrected chi connectivity index (χ1v) is 17.9. The molecule has 3 aromatic rings. The van der Waals surface area contributed by atoms with Gasteiger partial charge in [-0.05, 0) is 128 Å². The first-order chi connectivity index (χ1) is 22.2.